The summed E-state index contributed by atoms with van der Waals surface area (Å²) in [7, 11) is 1.50. The fourth-order valence-electron chi connectivity index (χ4n) is 2.64. The second kappa shape index (κ2) is 7.49. The first-order valence-corrected chi connectivity index (χ1v) is 8.65. The van der Waals surface area contributed by atoms with Crippen LogP contribution in [0.15, 0.2) is 36.5 Å². The van der Waals surface area contributed by atoms with E-state index < -0.39 is 17.8 Å². The number of carbonyl (C=O) groups excluding carboxylic acids is 1. The third kappa shape index (κ3) is 3.78. The predicted octanol–water partition coefficient (Wildman–Crippen LogP) is 3.95. The molecule has 1 atom stereocenters. The number of hydrogen-bond donors (Lipinski definition) is 1. The van der Waals surface area contributed by atoms with E-state index in [1.165, 1.54) is 7.11 Å². The smallest absolute Gasteiger partial charge is 0.433 e. The minimum atomic E-state index is -4.67. The summed E-state index contributed by atoms with van der Waals surface area (Å²) in [5, 5.41) is 6.48. The molecule has 1 N–H and O–H groups in total. The number of alkyl halides is 3. The summed E-state index contributed by atoms with van der Waals surface area (Å²) < 4.78 is 46.5. The van der Waals surface area contributed by atoms with Gasteiger partial charge in [-0.05, 0) is 43.7 Å². The van der Waals surface area contributed by atoms with E-state index in [2.05, 4.69) is 15.4 Å². The molecular formula is C19H19F3N4O2. The monoisotopic (exact) mass is 392 g/mol. The van der Waals surface area contributed by atoms with E-state index in [0.29, 0.717) is 22.2 Å². The molecule has 1 aromatic carbocycles. The normalized spacial score (nSPS) is 12.8. The zero-order valence-electron chi connectivity index (χ0n) is 15.5. The van der Waals surface area contributed by atoms with Crippen molar-refractivity contribution in [3.8, 4) is 17.0 Å². The van der Waals surface area contributed by atoms with Gasteiger partial charge in [0.15, 0.2) is 11.3 Å². The highest BCUT2D eigenvalue weighted by atomic mass is 19.4. The Morgan fingerprint density at radius 3 is 2.54 bits per heavy atom. The Labute approximate surface area is 159 Å². The van der Waals surface area contributed by atoms with E-state index in [-0.39, 0.29) is 22.9 Å². The number of hydrogen-bond acceptors (Lipinski definition) is 4. The lowest BCUT2D eigenvalue weighted by Crippen LogP contribution is -2.32. The second-order valence-corrected chi connectivity index (χ2v) is 6.33. The third-order valence-electron chi connectivity index (χ3n) is 4.38. The number of ether oxygens (including phenoxy) is 1. The molecule has 2 aromatic heterocycles. The average molecular weight is 392 g/mol. The number of benzene rings is 1. The molecule has 9 heteroatoms. The molecule has 0 aliphatic rings. The Morgan fingerprint density at radius 1 is 1.29 bits per heavy atom. The molecule has 0 aliphatic heterocycles. The maximum absolute atomic E-state index is 13.6. The molecule has 0 spiro atoms. The summed E-state index contributed by atoms with van der Waals surface area (Å²) in [4.78, 5) is 16.8. The molecule has 1 unspecified atom stereocenters. The Hall–Kier alpha value is -3.10. The van der Waals surface area contributed by atoms with Crippen molar-refractivity contribution in [1.29, 1.82) is 0 Å². The molecule has 0 saturated heterocycles. The lowest BCUT2D eigenvalue weighted by Gasteiger charge is -2.13. The molecule has 1 amide bonds. The highest BCUT2D eigenvalue weighted by molar-refractivity contribution is 6.00. The van der Waals surface area contributed by atoms with Crippen LogP contribution in [0, 0.1) is 0 Å². The van der Waals surface area contributed by atoms with Gasteiger partial charge in [0.1, 0.15) is 11.3 Å². The number of nitrogens with one attached hydrogen (secondary N) is 1. The van der Waals surface area contributed by atoms with Gasteiger partial charge >= 0.3 is 6.18 Å². The largest absolute Gasteiger partial charge is 0.497 e. The van der Waals surface area contributed by atoms with Gasteiger partial charge in [-0.3, -0.25) is 4.79 Å². The number of rotatable bonds is 5. The number of halogens is 3. The SMILES string of the molecule is CCC(C)NC(=O)c1cnn2c(C(F)(F)F)cc(-c3ccc(OC)cc3)nc12. The maximum atomic E-state index is 13.6. The summed E-state index contributed by atoms with van der Waals surface area (Å²) in [6.45, 7) is 3.70. The Morgan fingerprint density at radius 2 is 1.96 bits per heavy atom. The van der Waals surface area contributed by atoms with Crippen LogP contribution in [0.1, 0.15) is 36.3 Å². The van der Waals surface area contributed by atoms with Crippen LogP contribution in [0.25, 0.3) is 16.9 Å². The highest BCUT2D eigenvalue weighted by Gasteiger charge is 2.36. The number of nitrogens with zero attached hydrogens (tertiary/aromatic N) is 3. The van der Waals surface area contributed by atoms with Crippen LogP contribution in [0.3, 0.4) is 0 Å². The molecule has 6 nitrogen and oxygen atoms in total. The van der Waals surface area contributed by atoms with E-state index in [0.717, 1.165) is 12.3 Å². The van der Waals surface area contributed by atoms with Crippen molar-refractivity contribution in [2.75, 3.05) is 7.11 Å². The lowest BCUT2D eigenvalue weighted by molar-refractivity contribution is -0.142. The number of methoxy groups -OCH3 is 1. The molecule has 3 rings (SSSR count). The molecule has 3 aromatic rings. The zero-order valence-corrected chi connectivity index (χ0v) is 15.5. The van der Waals surface area contributed by atoms with Gasteiger partial charge in [0.25, 0.3) is 5.91 Å². The topological polar surface area (TPSA) is 68.5 Å². The molecule has 0 fully saturated rings. The first-order chi connectivity index (χ1) is 13.2. The van der Waals surface area contributed by atoms with E-state index in [1.54, 1.807) is 31.2 Å². The summed E-state index contributed by atoms with van der Waals surface area (Å²) in [5.41, 5.74) is -0.627. The minimum absolute atomic E-state index is 0.0128. The van der Waals surface area contributed by atoms with Crippen molar-refractivity contribution in [3.05, 3.63) is 47.8 Å². The molecule has 0 bridgehead atoms. The maximum Gasteiger partial charge on any atom is 0.433 e. The fourth-order valence-corrected chi connectivity index (χ4v) is 2.64. The van der Waals surface area contributed by atoms with E-state index >= 15 is 0 Å². The zero-order chi connectivity index (χ0) is 20.5. The van der Waals surface area contributed by atoms with Gasteiger partial charge in [-0.1, -0.05) is 6.92 Å². The third-order valence-corrected chi connectivity index (χ3v) is 4.38. The number of carbonyl (C=O) groups is 1. The molecular weight excluding hydrogens is 373 g/mol. The summed E-state index contributed by atoms with van der Waals surface area (Å²) in [6.07, 6.45) is -2.88. The number of aromatic nitrogens is 3. The fraction of sp³-hybridized carbons (Fsp3) is 0.316. The Bertz CT molecular complexity index is 997. The van der Waals surface area contributed by atoms with Crippen LogP contribution in [0.2, 0.25) is 0 Å². The van der Waals surface area contributed by atoms with Crippen molar-refractivity contribution in [3.63, 3.8) is 0 Å². The Kier molecular flexibility index (Phi) is 5.26. The van der Waals surface area contributed by atoms with Crippen molar-refractivity contribution in [2.45, 2.75) is 32.5 Å². The van der Waals surface area contributed by atoms with Gasteiger partial charge in [0.05, 0.1) is 19.0 Å². The first kappa shape index (κ1) is 19.7. The molecule has 28 heavy (non-hydrogen) atoms. The molecule has 0 saturated carbocycles. The summed E-state index contributed by atoms with van der Waals surface area (Å²) >= 11 is 0. The van der Waals surface area contributed by atoms with E-state index in [4.69, 9.17) is 4.74 Å². The summed E-state index contributed by atoms with van der Waals surface area (Å²) in [5.74, 6) is 0.0516. The van der Waals surface area contributed by atoms with Gasteiger partial charge in [0.2, 0.25) is 0 Å². The van der Waals surface area contributed by atoms with Crippen LogP contribution >= 0.6 is 0 Å². The molecule has 0 radical (unpaired) electrons. The number of fused-ring (bicyclic) bond motifs is 1. The quantitative estimate of drug-likeness (QED) is 0.714. The second-order valence-electron chi connectivity index (χ2n) is 6.33. The highest BCUT2D eigenvalue weighted by Crippen LogP contribution is 2.33. The van der Waals surface area contributed by atoms with E-state index in [1.807, 2.05) is 6.92 Å². The molecule has 2 heterocycles. The van der Waals surface area contributed by atoms with Crippen molar-refractivity contribution >= 4 is 11.6 Å². The van der Waals surface area contributed by atoms with Crippen LogP contribution in [0.5, 0.6) is 5.75 Å². The van der Waals surface area contributed by atoms with Crippen LogP contribution in [-0.2, 0) is 6.18 Å². The van der Waals surface area contributed by atoms with Crippen molar-refractivity contribution < 1.29 is 22.7 Å². The lowest BCUT2D eigenvalue weighted by atomic mass is 10.1. The first-order valence-electron chi connectivity index (χ1n) is 8.65. The molecule has 148 valence electrons. The molecule has 0 aliphatic carbocycles. The van der Waals surface area contributed by atoms with Crippen molar-refractivity contribution in [1.82, 2.24) is 19.9 Å². The van der Waals surface area contributed by atoms with Gasteiger partial charge in [0, 0.05) is 11.6 Å². The van der Waals surface area contributed by atoms with Crippen LogP contribution in [0.4, 0.5) is 13.2 Å². The van der Waals surface area contributed by atoms with Crippen LogP contribution < -0.4 is 10.1 Å². The van der Waals surface area contributed by atoms with Gasteiger partial charge in [-0.15, -0.1) is 0 Å². The number of amides is 1. The van der Waals surface area contributed by atoms with Gasteiger partial charge in [-0.25, -0.2) is 9.50 Å². The van der Waals surface area contributed by atoms with Gasteiger partial charge in [-0.2, -0.15) is 18.3 Å². The summed E-state index contributed by atoms with van der Waals surface area (Å²) in [6, 6.07) is 7.25. The van der Waals surface area contributed by atoms with Crippen molar-refractivity contribution in [2.24, 2.45) is 0 Å². The predicted molar refractivity (Wildman–Crippen MR) is 97.2 cm³/mol. The standard InChI is InChI=1S/C19H19F3N4O2/c1-4-11(2)24-18(27)14-10-23-26-16(19(20,21)22)9-15(25-17(14)26)12-5-7-13(28-3)8-6-12/h5-11H,4H2,1-3H3,(H,24,27). The Balaban J connectivity index is 2.17. The van der Waals surface area contributed by atoms with E-state index in [9.17, 15) is 18.0 Å². The minimum Gasteiger partial charge on any atom is -0.497 e. The average Bonchev–Trinajstić information content (AvgIpc) is 3.10. The van der Waals surface area contributed by atoms with Crippen LogP contribution in [-0.4, -0.2) is 33.7 Å². The van der Waals surface area contributed by atoms with Gasteiger partial charge < -0.3 is 10.1 Å².